The fraction of sp³-hybridized carbons (Fsp3) is 0.429. The molecule has 0 atom stereocenters. The number of aryl methyl sites for hydroxylation is 1. The molecule has 1 aromatic heterocycles. The molecule has 0 fully saturated rings. The van der Waals surface area contributed by atoms with E-state index in [9.17, 15) is 8.42 Å². The number of rotatable bonds is 6. The molecule has 0 aliphatic heterocycles. The van der Waals surface area contributed by atoms with Gasteiger partial charge in [0.05, 0.1) is 6.54 Å². The molecule has 120 valence electrons. The van der Waals surface area contributed by atoms with Crippen molar-refractivity contribution in [3.63, 3.8) is 0 Å². The summed E-state index contributed by atoms with van der Waals surface area (Å²) in [6.45, 7) is 4.12. The van der Waals surface area contributed by atoms with Crippen LogP contribution in [0.25, 0.3) is 11.4 Å². The second kappa shape index (κ2) is 6.55. The lowest BCUT2D eigenvalue weighted by Crippen LogP contribution is -2.39. The minimum absolute atomic E-state index is 0.0514. The molecule has 0 saturated carbocycles. The summed E-state index contributed by atoms with van der Waals surface area (Å²) >= 11 is 0. The summed E-state index contributed by atoms with van der Waals surface area (Å²) in [6, 6.07) is 7.72. The first-order chi connectivity index (χ1) is 10.3. The van der Waals surface area contributed by atoms with E-state index in [1.165, 1.54) is 18.4 Å². The summed E-state index contributed by atoms with van der Waals surface area (Å²) < 4.78 is 31.9. The summed E-state index contributed by atoms with van der Waals surface area (Å²) in [7, 11) is -0.530. The molecule has 0 saturated heterocycles. The summed E-state index contributed by atoms with van der Waals surface area (Å²) in [6.07, 6.45) is 0. The highest BCUT2D eigenvalue weighted by atomic mass is 32.2. The predicted molar refractivity (Wildman–Crippen MR) is 83.2 cm³/mol. The second-order valence-electron chi connectivity index (χ2n) is 5.10. The lowest BCUT2D eigenvalue weighted by atomic mass is 10.1. The van der Waals surface area contributed by atoms with Crippen LogP contribution in [-0.4, -0.2) is 47.8 Å². The van der Waals surface area contributed by atoms with Crippen molar-refractivity contribution in [1.29, 1.82) is 0 Å². The summed E-state index contributed by atoms with van der Waals surface area (Å²) in [5, 5.41) is 3.92. The zero-order valence-electron chi connectivity index (χ0n) is 13.1. The van der Waals surface area contributed by atoms with Gasteiger partial charge in [-0.05, 0) is 13.0 Å². The molecule has 0 aliphatic carbocycles. The Kier molecular flexibility index (Phi) is 4.94. The van der Waals surface area contributed by atoms with Gasteiger partial charge in [0.25, 0.3) is 10.2 Å². The fourth-order valence-electron chi connectivity index (χ4n) is 1.96. The summed E-state index contributed by atoms with van der Waals surface area (Å²) in [4.78, 5) is 4.28. The Morgan fingerprint density at radius 1 is 1.27 bits per heavy atom. The standard InChI is InChI=1S/C14H20N4O3S/c1-5-18(22(19,20)17(3)4)10-13-15-14(16-21-13)12-8-6-7-11(2)9-12/h6-9H,5,10H2,1-4H3. The molecular formula is C14H20N4O3S. The lowest BCUT2D eigenvalue weighted by Gasteiger charge is -2.22. The van der Waals surface area contributed by atoms with E-state index >= 15 is 0 Å². The van der Waals surface area contributed by atoms with Crippen molar-refractivity contribution in [2.24, 2.45) is 0 Å². The smallest absolute Gasteiger partial charge is 0.281 e. The van der Waals surface area contributed by atoms with Crippen LogP contribution in [-0.2, 0) is 16.8 Å². The summed E-state index contributed by atoms with van der Waals surface area (Å²) in [5.74, 6) is 0.723. The van der Waals surface area contributed by atoms with Gasteiger partial charge in [0.15, 0.2) is 0 Å². The molecule has 1 heterocycles. The topological polar surface area (TPSA) is 79.5 Å². The van der Waals surface area contributed by atoms with Gasteiger partial charge in [0.2, 0.25) is 11.7 Å². The van der Waals surface area contributed by atoms with Gasteiger partial charge in [-0.25, -0.2) is 0 Å². The van der Waals surface area contributed by atoms with Crippen molar-refractivity contribution in [3.8, 4) is 11.4 Å². The van der Waals surface area contributed by atoms with Crippen molar-refractivity contribution >= 4 is 10.2 Å². The Bertz CT molecular complexity index is 740. The molecule has 2 rings (SSSR count). The van der Waals surface area contributed by atoms with Crippen LogP contribution in [0.4, 0.5) is 0 Å². The van der Waals surface area contributed by atoms with Crippen LogP contribution in [0.15, 0.2) is 28.8 Å². The van der Waals surface area contributed by atoms with Crippen LogP contribution in [0.5, 0.6) is 0 Å². The van der Waals surface area contributed by atoms with Gasteiger partial charge in [0, 0.05) is 26.2 Å². The minimum Gasteiger partial charge on any atom is -0.338 e. The predicted octanol–water partition coefficient (Wildman–Crippen LogP) is 1.67. The van der Waals surface area contributed by atoms with Crippen molar-refractivity contribution in [3.05, 3.63) is 35.7 Å². The first kappa shape index (κ1) is 16.6. The van der Waals surface area contributed by atoms with Crippen LogP contribution in [0, 0.1) is 6.92 Å². The molecule has 0 N–H and O–H groups in total. The third-order valence-corrected chi connectivity index (χ3v) is 5.16. The van der Waals surface area contributed by atoms with E-state index in [-0.39, 0.29) is 12.4 Å². The quantitative estimate of drug-likeness (QED) is 0.807. The van der Waals surface area contributed by atoms with Crippen LogP contribution in [0.3, 0.4) is 0 Å². The lowest BCUT2D eigenvalue weighted by molar-refractivity contribution is 0.310. The van der Waals surface area contributed by atoms with Gasteiger partial charge >= 0.3 is 0 Å². The zero-order valence-corrected chi connectivity index (χ0v) is 14.0. The Morgan fingerprint density at radius 3 is 2.59 bits per heavy atom. The minimum atomic E-state index is -3.51. The molecule has 0 aliphatic rings. The Morgan fingerprint density at radius 2 is 2.00 bits per heavy atom. The van der Waals surface area contributed by atoms with Crippen molar-refractivity contribution in [2.75, 3.05) is 20.6 Å². The van der Waals surface area contributed by atoms with Gasteiger partial charge in [0.1, 0.15) is 0 Å². The van der Waals surface area contributed by atoms with Crippen molar-refractivity contribution in [2.45, 2.75) is 20.4 Å². The number of benzene rings is 1. The van der Waals surface area contributed by atoms with Gasteiger partial charge in [-0.2, -0.15) is 22.0 Å². The maximum absolute atomic E-state index is 12.1. The van der Waals surface area contributed by atoms with E-state index < -0.39 is 10.2 Å². The van der Waals surface area contributed by atoms with Crippen LogP contribution in [0.2, 0.25) is 0 Å². The van der Waals surface area contributed by atoms with Crippen LogP contribution in [0.1, 0.15) is 18.4 Å². The third kappa shape index (κ3) is 3.52. The van der Waals surface area contributed by atoms with Gasteiger partial charge in [-0.15, -0.1) is 0 Å². The first-order valence-electron chi connectivity index (χ1n) is 6.91. The van der Waals surface area contributed by atoms with E-state index in [1.54, 1.807) is 6.92 Å². The molecule has 0 radical (unpaired) electrons. The van der Waals surface area contributed by atoms with Crippen LogP contribution < -0.4 is 0 Å². The molecule has 1 aromatic carbocycles. The van der Waals surface area contributed by atoms with E-state index in [0.29, 0.717) is 12.4 Å². The average molecular weight is 324 g/mol. The number of nitrogens with zero attached hydrogens (tertiary/aromatic N) is 4. The van der Waals surface area contributed by atoms with Gasteiger partial charge in [-0.1, -0.05) is 35.8 Å². The highest BCUT2D eigenvalue weighted by Gasteiger charge is 2.25. The first-order valence-corrected chi connectivity index (χ1v) is 8.31. The highest BCUT2D eigenvalue weighted by molar-refractivity contribution is 7.86. The van der Waals surface area contributed by atoms with Crippen molar-refractivity contribution < 1.29 is 12.9 Å². The number of aromatic nitrogens is 2. The largest absolute Gasteiger partial charge is 0.338 e. The van der Waals surface area contributed by atoms with E-state index in [1.807, 2.05) is 31.2 Å². The highest BCUT2D eigenvalue weighted by Crippen LogP contribution is 2.18. The van der Waals surface area contributed by atoms with Gasteiger partial charge in [-0.3, -0.25) is 0 Å². The SMILES string of the molecule is CCN(Cc1nc(-c2cccc(C)c2)no1)S(=O)(=O)N(C)C. The molecule has 0 spiro atoms. The van der Waals surface area contributed by atoms with E-state index in [2.05, 4.69) is 10.1 Å². The molecule has 0 bridgehead atoms. The molecule has 0 amide bonds. The Balaban J connectivity index is 2.22. The molecule has 22 heavy (non-hydrogen) atoms. The van der Waals surface area contributed by atoms with E-state index in [0.717, 1.165) is 15.4 Å². The Hall–Kier alpha value is -1.77. The normalized spacial score (nSPS) is 12.3. The number of hydrogen-bond acceptors (Lipinski definition) is 5. The zero-order chi connectivity index (χ0) is 16.3. The maximum atomic E-state index is 12.1. The molecule has 0 unspecified atom stereocenters. The molecule has 8 heteroatoms. The monoisotopic (exact) mass is 324 g/mol. The van der Waals surface area contributed by atoms with E-state index in [4.69, 9.17) is 4.52 Å². The second-order valence-corrected chi connectivity index (χ2v) is 7.24. The number of hydrogen-bond donors (Lipinski definition) is 0. The molecule has 2 aromatic rings. The molecule has 7 nitrogen and oxygen atoms in total. The Labute approximate surface area is 130 Å². The fourth-order valence-corrected chi connectivity index (χ4v) is 3.02. The van der Waals surface area contributed by atoms with Crippen LogP contribution >= 0.6 is 0 Å². The third-order valence-electron chi connectivity index (χ3n) is 3.20. The molecular weight excluding hydrogens is 304 g/mol. The average Bonchev–Trinajstić information content (AvgIpc) is 2.93. The van der Waals surface area contributed by atoms with Crippen molar-refractivity contribution in [1.82, 2.24) is 18.8 Å². The summed E-state index contributed by atoms with van der Waals surface area (Å²) in [5.41, 5.74) is 1.93. The van der Waals surface area contributed by atoms with Gasteiger partial charge < -0.3 is 4.52 Å². The maximum Gasteiger partial charge on any atom is 0.281 e.